The van der Waals surface area contributed by atoms with Gasteiger partial charge in [-0.2, -0.15) is 0 Å². The zero-order chi connectivity index (χ0) is 13.8. The first-order valence-corrected chi connectivity index (χ1v) is 7.25. The Labute approximate surface area is 119 Å². The second-order valence-electron chi connectivity index (χ2n) is 5.07. The SMILES string of the molecule is CCC(c1cccc(Cl)c1)N1CCCCC1C(=O)O. The van der Waals surface area contributed by atoms with Gasteiger partial charge in [-0.1, -0.05) is 37.1 Å². The van der Waals surface area contributed by atoms with E-state index in [1.54, 1.807) is 0 Å². The number of carbonyl (C=O) groups is 1. The van der Waals surface area contributed by atoms with Crippen molar-refractivity contribution in [3.63, 3.8) is 0 Å². The summed E-state index contributed by atoms with van der Waals surface area (Å²) in [5.74, 6) is -0.708. The molecule has 2 atom stereocenters. The Morgan fingerprint density at radius 2 is 2.32 bits per heavy atom. The zero-order valence-corrected chi connectivity index (χ0v) is 11.9. The minimum absolute atomic E-state index is 0.139. The van der Waals surface area contributed by atoms with Crippen LogP contribution < -0.4 is 0 Å². The highest BCUT2D eigenvalue weighted by Crippen LogP contribution is 2.32. The summed E-state index contributed by atoms with van der Waals surface area (Å²) in [6, 6.07) is 7.54. The lowest BCUT2D eigenvalue weighted by molar-refractivity contribution is -0.146. The van der Waals surface area contributed by atoms with Gasteiger partial charge in [0.1, 0.15) is 6.04 Å². The highest BCUT2D eigenvalue weighted by molar-refractivity contribution is 6.30. The number of halogens is 1. The van der Waals surface area contributed by atoms with Gasteiger partial charge in [0.15, 0.2) is 0 Å². The first-order valence-electron chi connectivity index (χ1n) is 6.87. The topological polar surface area (TPSA) is 40.5 Å². The van der Waals surface area contributed by atoms with Crippen molar-refractivity contribution >= 4 is 17.6 Å². The van der Waals surface area contributed by atoms with E-state index in [1.807, 2.05) is 24.3 Å². The van der Waals surface area contributed by atoms with Gasteiger partial charge in [0.25, 0.3) is 0 Å². The Bertz CT molecular complexity index is 450. The number of hydrogen-bond acceptors (Lipinski definition) is 2. The molecule has 0 aromatic heterocycles. The lowest BCUT2D eigenvalue weighted by Gasteiger charge is -2.39. The Balaban J connectivity index is 2.26. The van der Waals surface area contributed by atoms with Crippen LogP contribution in [0, 0.1) is 0 Å². The number of hydrogen-bond donors (Lipinski definition) is 1. The molecule has 1 aromatic carbocycles. The van der Waals surface area contributed by atoms with Crippen molar-refractivity contribution < 1.29 is 9.90 Å². The van der Waals surface area contributed by atoms with Crippen molar-refractivity contribution in [3.05, 3.63) is 34.9 Å². The van der Waals surface area contributed by atoms with E-state index in [9.17, 15) is 9.90 Å². The third kappa shape index (κ3) is 3.28. The molecule has 2 unspecified atom stereocenters. The molecule has 0 aliphatic carbocycles. The Hall–Kier alpha value is -1.06. The molecule has 3 nitrogen and oxygen atoms in total. The lowest BCUT2D eigenvalue weighted by atomic mass is 9.95. The molecule has 19 heavy (non-hydrogen) atoms. The standard InChI is InChI=1S/C15H20ClNO2/c1-2-13(11-6-5-7-12(16)10-11)17-9-4-3-8-14(17)15(18)19/h5-7,10,13-14H,2-4,8-9H2,1H3,(H,18,19). The summed E-state index contributed by atoms with van der Waals surface area (Å²) in [5.41, 5.74) is 1.11. The molecule has 0 amide bonds. The Kier molecular flexibility index (Phi) is 4.83. The fourth-order valence-corrected chi connectivity index (χ4v) is 3.17. The van der Waals surface area contributed by atoms with Gasteiger partial charge in [-0.3, -0.25) is 9.69 Å². The van der Waals surface area contributed by atoms with Crippen molar-refractivity contribution in [3.8, 4) is 0 Å². The quantitative estimate of drug-likeness (QED) is 0.914. The van der Waals surface area contributed by atoms with E-state index >= 15 is 0 Å². The van der Waals surface area contributed by atoms with Gasteiger partial charge in [-0.15, -0.1) is 0 Å². The van der Waals surface area contributed by atoms with Crippen LogP contribution in [0.2, 0.25) is 5.02 Å². The number of aliphatic carboxylic acids is 1. The lowest BCUT2D eigenvalue weighted by Crippen LogP contribution is -2.46. The van der Waals surface area contributed by atoms with Crippen LogP contribution in [0.4, 0.5) is 0 Å². The molecule has 1 heterocycles. The van der Waals surface area contributed by atoms with Gasteiger partial charge in [0.05, 0.1) is 0 Å². The molecule has 1 N–H and O–H groups in total. The van der Waals surface area contributed by atoms with E-state index in [4.69, 9.17) is 11.6 Å². The van der Waals surface area contributed by atoms with Crippen LogP contribution in [0.25, 0.3) is 0 Å². The van der Waals surface area contributed by atoms with Crippen LogP contribution in [-0.4, -0.2) is 28.6 Å². The van der Waals surface area contributed by atoms with Crippen LogP contribution in [0.3, 0.4) is 0 Å². The number of carboxylic acid groups (broad SMARTS) is 1. The molecule has 0 spiro atoms. The first-order chi connectivity index (χ1) is 9.13. The number of rotatable bonds is 4. The second kappa shape index (κ2) is 6.40. The molecule has 1 fully saturated rings. The summed E-state index contributed by atoms with van der Waals surface area (Å²) in [7, 11) is 0. The molecular weight excluding hydrogens is 262 g/mol. The predicted molar refractivity (Wildman–Crippen MR) is 76.5 cm³/mol. The average Bonchev–Trinajstić information content (AvgIpc) is 2.40. The van der Waals surface area contributed by atoms with Crippen LogP contribution in [0.5, 0.6) is 0 Å². The minimum atomic E-state index is -0.708. The summed E-state index contributed by atoms with van der Waals surface area (Å²) in [4.78, 5) is 13.5. The van der Waals surface area contributed by atoms with Gasteiger partial charge < -0.3 is 5.11 Å². The number of nitrogens with zero attached hydrogens (tertiary/aromatic N) is 1. The van der Waals surface area contributed by atoms with Crippen LogP contribution in [0.15, 0.2) is 24.3 Å². The number of carboxylic acids is 1. The monoisotopic (exact) mass is 281 g/mol. The van der Waals surface area contributed by atoms with Crippen LogP contribution in [0.1, 0.15) is 44.2 Å². The van der Waals surface area contributed by atoms with Crippen molar-refractivity contribution in [2.24, 2.45) is 0 Å². The van der Waals surface area contributed by atoms with Gasteiger partial charge in [-0.05, 0) is 43.5 Å². The Morgan fingerprint density at radius 1 is 1.53 bits per heavy atom. The fraction of sp³-hybridized carbons (Fsp3) is 0.533. The van der Waals surface area contributed by atoms with Gasteiger partial charge in [0.2, 0.25) is 0 Å². The van der Waals surface area contributed by atoms with E-state index in [0.29, 0.717) is 5.02 Å². The molecule has 1 saturated heterocycles. The molecule has 4 heteroatoms. The van der Waals surface area contributed by atoms with E-state index in [2.05, 4.69) is 11.8 Å². The summed E-state index contributed by atoms with van der Waals surface area (Å²) in [6.07, 6.45) is 3.71. The molecule has 0 saturated carbocycles. The maximum Gasteiger partial charge on any atom is 0.320 e. The minimum Gasteiger partial charge on any atom is -0.480 e. The predicted octanol–water partition coefficient (Wildman–Crippen LogP) is 3.73. The third-order valence-corrected chi connectivity index (χ3v) is 4.08. The average molecular weight is 282 g/mol. The maximum absolute atomic E-state index is 11.4. The summed E-state index contributed by atoms with van der Waals surface area (Å²) in [5, 5.41) is 10.1. The van der Waals surface area contributed by atoms with E-state index in [0.717, 1.165) is 37.8 Å². The van der Waals surface area contributed by atoms with Crippen LogP contribution >= 0.6 is 11.6 Å². The van der Waals surface area contributed by atoms with E-state index < -0.39 is 5.97 Å². The number of likely N-dealkylation sites (tertiary alicyclic amines) is 1. The van der Waals surface area contributed by atoms with Gasteiger partial charge in [0, 0.05) is 11.1 Å². The normalized spacial score (nSPS) is 22.1. The molecule has 2 rings (SSSR count). The van der Waals surface area contributed by atoms with Gasteiger partial charge >= 0.3 is 5.97 Å². The van der Waals surface area contributed by atoms with Crippen molar-refractivity contribution in [1.82, 2.24) is 4.90 Å². The molecule has 0 radical (unpaired) electrons. The van der Waals surface area contributed by atoms with Gasteiger partial charge in [-0.25, -0.2) is 0 Å². The largest absolute Gasteiger partial charge is 0.480 e. The Morgan fingerprint density at radius 3 is 2.95 bits per heavy atom. The summed E-state index contributed by atoms with van der Waals surface area (Å²) < 4.78 is 0. The molecular formula is C15H20ClNO2. The first kappa shape index (κ1) is 14.4. The van der Waals surface area contributed by atoms with E-state index in [1.165, 1.54) is 0 Å². The molecule has 1 aliphatic heterocycles. The van der Waals surface area contributed by atoms with Crippen molar-refractivity contribution in [1.29, 1.82) is 0 Å². The maximum atomic E-state index is 11.4. The van der Waals surface area contributed by atoms with Crippen LogP contribution in [-0.2, 0) is 4.79 Å². The molecule has 1 aromatic rings. The molecule has 104 valence electrons. The highest BCUT2D eigenvalue weighted by atomic mass is 35.5. The summed E-state index contributed by atoms with van der Waals surface area (Å²) in [6.45, 7) is 2.95. The fourth-order valence-electron chi connectivity index (χ4n) is 2.97. The van der Waals surface area contributed by atoms with Crippen molar-refractivity contribution in [2.45, 2.75) is 44.7 Å². The smallest absolute Gasteiger partial charge is 0.320 e. The van der Waals surface area contributed by atoms with Crippen molar-refractivity contribution in [2.75, 3.05) is 6.54 Å². The highest BCUT2D eigenvalue weighted by Gasteiger charge is 2.33. The second-order valence-corrected chi connectivity index (χ2v) is 5.50. The molecule has 0 bridgehead atoms. The van der Waals surface area contributed by atoms with E-state index in [-0.39, 0.29) is 12.1 Å². The number of piperidine rings is 1. The third-order valence-electron chi connectivity index (χ3n) is 3.85. The molecule has 1 aliphatic rings. The summed E-state index contributed by atoms with van der Waals surface area (Å²) >= 11 is 6.05. The number of benzene rings is 1. The zero-order valence-electron chi connectivity index (χ0n) is 11.2.